The Balaban J connectivity index is 1.97. The zero-order valence-corrected chi connectivity index (χ0v) is 13.8. The third-order valence-corrected chi connectivity index (χ3v) is 3.46. The van der Waals surface area contributed by atoms with E-state index in [1.165, 1.54) is 12.1 Å². The number of benzene rings is 2. The van der Waals surface area contributed by atoms with E-state index in [1.54, 1.807) is 24.3 Å². The Morgan fingerprint density at radius 2 is 1.88 bits per heavy atom. The Bertz CT molecular complexity index is 792. The molecule has 1 amide bonds. The molecule has 0 saturated heterocycles. The molecule has 0 aliphatic heterocycles. The van der Waals surface area contributed by atoms with Crippen molar-refractivity contribution in [3.05, 3.63) is 62.6 Å². The van der Waals surface area contributed by atoms with Crippen LogP contribution in [0.3, 0.4) is 0 Å². The minimum Gasteiger partial charge on any atom is -0.452 e. The molecule has 2 rings (SSSR count). The summed E-state index contributed by atoms with van der Waals surface area (Å²) in [6.07, 6.45) is 0. The zero-order valence-electron chi connectivity index (χ0n) is 12.2. The number of nitro groups is 1. The van der Waals surface area contributed by atoms with Gasteiger partial charge in [-0.1, -0.05) is 15.9 Å². The Morgan fingerprint density at radius 1 is 1.21 bits per heavy atom. The molecule has 0 atom stereocenters. The zero-order chi connectivity index (χ0) is 17.7. The van der Waals surface area contributed by atoms with Crippen LogP contribution < -0.4 is 11.1 Å². The number of amides is 1. The predicted molar refractivity (Wildman–Crippen MR) is 90.6 cm³/mol. The van der Waals surface area contributed by atoms with E-state index < -0.39 is 23.4 Å². The minimum absolute atomic E-state index is 0.0268. The highest BCUT2D eigenvalue weighted by Crippen LogP contribution is 2.20. The van der Waals surface area contributed by atoms with E-state index in [0.29, 0.717) is 5.69 Å². The Labute approximate surface area is 144 Å². The maximum Gasteiger partial charge on any atom is 0.341 e. The molecule has 2 aromatic carbocycles. The minimum atomic E-state index is -0.915. The smallest absolute Gasteiger partial charge is 0.341 e. The fourth-order valence-corrected chi connectivity index (χ4v) is 2.04. The average Bonchev–Trinajstić information content (AvgIpc) is 2.55. The summed E-state index contributed by atoms with van der Waals surface area (Å²) in [6.45, 7) is -0.545. The molecule has 0 aliphatic rings. The van der Waals surface area contributed by atoms with Gasteiger partial charge in [0.1, 0.15) is 0 Å². The van der Waals surface area contributed by atoms with Crippen molar-refractivity contribution in [3.8, 4) is 0 Å². The number of nitrogens with two attached hydrogens (primary N) is 1. The molecule has 9 heteroatoms. The first kappa shape index (κ1) is 17.4. The molecule has 0 aliphatic carbocycles. The van der Waals surface area contributed by atoms with Crippen molar-refractivity contribution in [2.45, 2.75) is 0 Å². The lowest BCUT2D eigenvalue weighted by Gasteiger charge is -2.08. The summed E-state index contributed by atoms with van der Waals surface area (Å²) in [4.78, 5) is 33.8. The molecule has 0 saturated carbocycles. The van der Waals surface area contributed by atoms with Gasteiger partial charge in [-0.3, -0.25) is 14.9 Å². The van der Waals surface area contributed by atoms with Gasteiger partial charge < -0.3 is 15.8 Å². The summed E-state index contributed by atoms with van der Waals surface area (Å²) in [5.41, 5.74) is 5.71. The van der Waals surface area contributed by atoms with E-state index in [0.717, 1.165) is 10.5 Å². The molecule has 0 fully saturated rings. The Hall–Kier alpha value is -2.94. The topological polar surface area (TPSA) is 125 Å². The van der Waals surface area contributed by atoms with Crippen LogP contribution in [0.15, 0.2) is 46.9 Å². The van der Waals surface area contributed by atoms with Gasteiger partial charge in [0.15, 0.2) is 6.61 Å². The molecular formula is C15H12BrN3O5. The lowest BCUT2D eigenvalue weighted by Crippen LogP contribution is -2.21. The lowest BCUT2D eigenvalue weighted by atomic mass is 10.1. The normalized spacial score (nSPS) is 10.0. The van der Waals surface area contributed by atoms with E-state index in [-0.39, 0.29) is 16.9 Å². The highest BCUT2D eigenvalue weighted by molar-refractivity contribution is 9.10. The summed E-state index contributed by atoms with van der Waals surface area (Å²) >= 11 is 3.27. The summed E-state index contributed by atoms with van der Waals surface area (Å²) in [5, 5.41) is 13.3. The maximum atomic E-state index is 11.9. The Morgan fingerprint density at radius 3 is 2.50 bits per heavy atom. The number of nitrogens with one attached hydrogen (secondary N) is 1. The van der Waals surface area contributed by atoms with Crippen molar-refractivity contribution in [2.24, 2.45) is 0 Å². The largest absolute Gasteiger partial charge is 0.452 e. The molecule has 124 valence electrons. The lowest BCUT2D eigenvalue weighted by molar-refractivity contribution is -0.384. The van der Waals surface area contributed by atoms with Gasteiger partial charge in [0.25, 0.3) is 11.6 Å². The van der Waals surface area contributed by atoms with Crippen LogP contribution in [0.5, 0.6) is 0 Å². The highest BCUT2D eigenvalue weighted by atomic mass is 79.9. The van der Waals surface area contributed by atoms with Crippen LogP contribution in [0, 0.1) is 10.1 Å². The highest BCUT2D eigenvalue weighted by Gasteiger charge is 2.17. The first-order valence-corrected chi connectivity index (χ1v) is 7.42. The number of carbonyl (C=O) groups is 2. The molecule has 24 heavy (non-hydrogen) atoms. The van der Waals surface area contributed by atoms with Crippen molar-refractivity contribution in [3.63, 3.8) is 0 Å². The monoisotopic (exact) mass is 393 g/mol. The first-order valence-electron chi connectivity index (χ1n) is 6.63. The molecule has 3 N–H and O–H groups in total. The Kier molecular flexibility index (Phi) is 5.48. The molecule has 0 radical (unpaired) electrons. The van der Waals surface area contributed by atoms with Crippen LogP contribution in [0.2, 0.25) is 0 Å². The number of halogens is 1. The molecule has 0 heterocycles. The van der Waals surface area contributed by atoms with Crippen LogP contribution in [-0.4, -0.2) is 23.4 Å². The second-order valence-electron chi connectivity index (χ2n) is 4.66. The number of rotatable bonds is 5. The second kappa shape index (κ2) is 7.55. The van der Waals surface area contributed by atoms with E-state index in [9.17, 15) is 19.7 Å². The molecule has 8 nitrogen and oxygen atoms in total. The quantitative estimate of drug-likeness (QED) is 0.348. The predicted octanol–water partition coefficient (Wildman–Crippen LogP) is 2.74. The van der Waals surface area contributed by atoms with Gasteiger partial charge >= 0.3 is 5.97 Å². The van der Waals surface area contributed by atoms with Gasteiger partial charge in [-0.05, 0) is 30.3 Å². The number of anilines is 2. The van der Waals surface area contributed by atoms with Crippen molar-refractivity contribution in [1.29, 1.82) is 0 Å². The number of carbonyl (C=O) groups excluding carboxylic acids is 2. The number of esters is 1. The fraction of sp³-hybridized carbons (Fsp3) is 0.0667. The van der Waals surface area contributed by atoms with Crippen molar-refractivity contribution >= 4 is 44.9 Å². The number of nitrogens with zero attached hydrogens (tertiary/aromatic N) is 1. The molecule has 0 unspecified atom stereocenters. The van der Waals surface area contributed by atoms with E-state index in [4.69, 9.17) is 10.5 Å². The van der Waals surface area contributed by atoms with E-state index in [1.807, 2.05) is 0 Å². The van der Waals surface area contributed by atoms with Gasteiger partial charge in [0.2, 0.25) is 0 Å². The van der Waals surface area contributed by atoms with Crippen molar-refractivity contribution in [2.75, 3.05) is 17.7 Å². The van der Waals surface area contributed by atoms with Gasteiger partial charge in [0.05, 0.1) is 10.5 Å². The number of non-ortho nitro benzene ring substituents is 1. The molecule has 0 bridgehead atoms. The van der Waals surface area contributed by atoms with Crippen LogP contribution in [0.1, 0.15) is 10.4 Å². The molecular weight excluding hydrogens is 382 g/mol. The fourth-order valence-electron chi connectivity index (χ4n) is 1.77. The van der Waals surface area contributed by atoms with Gasteiger partial charge in [-0.15, -0.1) is 0 Å². The van der Waals surface area contributed by atoms with Crippen LogP contribution in [0.4, 0.5) is 17.1 Å². The number of ether oxygens (including phenoxy) is 1. The summed E-state index contributed by atoms with van der Waals surface area (Å²) in [7, 11) is 0. The second-order valence-corrected chi connectivity index (χ2v) is 5.58. The number of nitro benzene ring substituents is 1. The number of nitrogen functional groups attached to an aromatic ring is 1. The van der Waals surface area contributed by atoms with Gasteiger partial charge in [-0.25, -0.2) is 4.79 Å². The average molecular weight is 394 g/mol. The van der Waals surface area contributed by atoms with E-state index >= 15 is 0 Å². The number of hydrogen-bond donors (Lipinski definition) is 2. The summed E-state index contributed by atoms with van der Waals surface area (Å²) in [5.74, 6) is -1.46. The first-order chi connectivity index (χ1) is 11.4. The van der Waals surface area contributed by atoms with Crippen LogP contribution >= 0.6 is 15.9 Å². The standard InChI is InChI=1S/C15H12BrN3O5/c16-9-1-3-10(4-2-9)18-14(20)8-24-15(21)12-7-11(19(22)23)5-6-13(12)17/h1-7H,8,17H2,(H,18,20). The van der Waals surface area contributed by atoms with Crippen molar-refractivity contribution < 1.29 is 19.2 Å². The van der Waals surface area contributed by atoms with Crippen LogP contribution in [-0.2, 0) is 9.53 Å². The van der Waals surface area contributed by atoms with Crippen LogP contribution in [0.25, 0.3) is 0 Å². The summed E-state index contributed by atoms with van der Waals surface area (Å²) in [6, 6.07) is 10.2. The number of hydrogen-bond acceptors (Lipinski definition) is 6. The summed E-state index contributed by atoms with van der Waals surface area (Å²) < 4.78 is 5.69. The third-order valence-electron chi connectivity index (χ3n) is 2.93. The van der Waals surface area contributed by atoms with Gasteiger partial charge in [0, 0.05) is 28.0 Å². The maximum absolute atomic E-state index is 11.9. The molecule has 0 spiro atoms. The van der Waals surface area contributed by atoms with E-state index in [2.05, 4.69) is 21.2 Å². The molecule has 0 aromatic heterocycles. The SMILES string of the molecule is Nc1ccc([N+](=O)[O-])cc1C(=O)OCC(=O)Nc1ccc(Br)cc1. The van der Waals surface area contributed by atoms with Crippen molar-refractivity contribution in [1.82, 2.24) is 0 Å². The molecule has 2 aromatic rings. The van der Waals surface area contributed by atoms with Gasteiger partial charge in [-0.2, -0.15) is 0 Å². The third kappa shape index (κ3) is 4.53.